The van der Waals surface area contributed by atoms with Gasteiger partial charge in [0.05, 0.1) is 5.69 Å². The Labute approximate surface area is 198 Å². The molecule has 1 aromatic carbocycles. The van der Waals surface area contributed by atoms with Crippen LogP contribution in [0.2, 0.25) is 0 Å². The molecular formula is C27H29N5O2. The maximum Gasteiger partial charge on any atom is 0.252 e. The van der Waals surface area contributed by atoms with Gasteiger partial charge in [-0.1, -0.05) is 30.3 Å². The molecule has 1 fully saturated rings. The van der Waals surface area contributed by atoms with Gasteiger partial charge in [0.15, 0.2) is 0 Å². The summed E-state index contributed by atoms with van der Waals surface area (Å²) in [5.41, 5.74) is 3.11. The molecule has 0 amide bonds. The molecule has 174 valence electrons. The molecule has 0 bridgehead atoms. The molecule has 7 heteroatoms. The van der Waals surface area contributed by atoms with Crippen molar-refractivity contribution >= 4 is 5.95 Å². The maximum atomic E-state index is 12.5. The van der Waals surface area contributed by atoms with Gasteiger partial charge >= 0.3 is 0 Å². The Morgan fingerprint density at radius 3 is 2.59 bits per heavy atom. The number of benzene rings is 1. The fourth-order valence-corrected chi connectivity index (χ4v) is 4.72. The number of furan rings is 1. The van der Waals surface area contributed by atoms with Crippen molar-refractivity contribution in [2.24, 2.45) is 0 Å². The van der Waals surface area contributed by atoms with Crippen LogP contribution in [0.25, 0.3) is 0 Å². The van der Waals surface area contributed by atoms with Crippen LogP contribution < -0.4 is 10.9 Å². The highest BCUT2D eigenvalue weighted by molar-refractivity contribution is 5.30. The van der Waals surface area contributed by atoms with E-state index in [1.165, 1.54) is 11.1 Å². The molecule has 0 unspecified atom stereocenters. The molecule has 0 spiro atoms. The third-order valence-electron chi connectivity index (χ3n) is 6.37. The molecule has 4 heterocycles. The van der Waals surface area contributed by atoms with E-state index in [4.69, 9.17) is 9.40 Å². The smallest absolute Gasteiger partial charge is 0.252 e. The predicted octanol–water partition coefficient (Wildman–Crippen LogP) is 4.10. The van der Waals surface area contributed by atoms with Crippen molar-refractivity contribution in [3.63, 3.8) is 0 Å². The molecule has 0 saturated carbocycles. The zero-order valence-electron chi connectivity index (χ0n) is 19.3. The topological polar surface area (TPSA) is 87.0 Å². The van der Waals surface area contributed by atoms with Crippen LogP contribution in [0.5, 0.6) is 0 Å². The number of aryl methyl sites for hydroxylation is 1. The van der Waals surface area contributed by atoms with E-state index in [9.17, 15) is 4.79 Å². The molecule has 0 aliphatic carbocycles. The second-order valence-corrected chi connectivity index (χ2v) is 8.89. The molecule has 7 nitrogen and oxygen atoms in total. The Morgan fingerprint density at radius 2 is 1.82 bits per heavy atom. The molecular weight excluding hydrogens is 426 g/mol. The number of anilines is 1. The highest BCUT2D eigenvalue weighted by atomic mass is 16.3. The fourth-order valence-electron chi connectivity index (χ4n) is 4.72. The highest BCUT2D eigenvalue weighted by Gasteiger charge is 2.38. The summed E-state index contributed by atoms with van der Waals surface area (Å²) in [7, 11) is 0. The Kier molecular flexibility index (Phi) is 6.53. The number of hydrogen-bond acceptors (Lipinski definition) is 6. The van der Waals surface area contributed by atoms with Gasteiger partial charge in [0.1, 0.15) is 11.5 Å². The summed E-state index contributed by atoms with van der Waals surface area (Å²) in [4.78, 5) is 26.7. The first-order valence-corrected chi connectivity index (χ1v) is 11.7. The second-order valence-electron chi connectivity index (χ2n) is 8.89. The zero-order chi connectivity index (χ0) is 23.3. The minimum absolute atomic E-state index is 0.0670. The first-order chi connectivity index (χ1) is 16.6. The van der Waals surface area contributed by atoms with E-state index in [0.29, 0.717) is 12.5 Å². The lowest BCUT2D eigenvalue weighted by Gasteiger charge is -2.17. The van der Waals surface area contributed by atoms with Gasteiger partial charge < -0.3 is 9.73 Å². The van der Waals surface area contributed by atoms with E-state index in [1.54, 1.807) is 18.5 Å². The molecule has 1 aliphatic rings. The van der Waals surface area contributed by atoms with Crippen molar-refractivity contribution in [3.05, 3.63) is 112 Å². The number of pyridine rings is 1. The van der Waals surface area contributed by atoms with Crippen LogP contribution in [-0.4, -0.2) is 39.5 Å². The summed E-state index contributed by atoms with van der Waals surface area (Å²) in [6.45, 7) is 5.15. The summed E-state index contributed by atoms with van der Waals surface area (Å²) in [6, 6.07) is 20.1. The maximum absolute atomic E-state index is 12.5. The van der Waals surface area contributed by atoms with Crippen LogP contribution in [-0.2, 0) is 13.0 Å². The SMILES string of the molecule is Cc1ccc([C@@H]2CN(Cc3ccccc3)C[C@@H]2c2cc(=O)[nH]c(NCCc3ccncc3)n2)o1. The third-order valence-corrected chi connectivity index (χ3v) is 6.37. The second kappa shape index (κ2) is 10.1. The van der Waals surface area contributed by atoms with Gasteiger partial charge in [-0.15, -0.1) is 0 Å². The summed E-state index contributed by atoms with van der Waals surface area (Å²) in [6.07, 6.45) is 4.39. The highest BCUT2D eigenvalue weighted by Crippen LogP contribution is 2.40. The molecule has 4 aromatic rings. The van der Waals surface area contributed by atoms with Gasteiger partial charge in [-0.2, -0.15) is 0 Å². The molecule has 34 heavy (non-hydrogen) atoms. The van der Waals surface area contributed by atoms with Crippen LogP contribution in [0, 0.1) is 6.92 Å². The van der Waals surface area contributed by atoms with E-state index in [0.717, 1.165) is 43.3 Å². The third kappa shape index (κ3) is 5.26. The Balaban J connectivity index is 1.36. The van der Waals surface area contributed by atoms with Crippen molar-refractivity contribution < 1.29 is 4.42 Å². The first kappa shape index (κ1) is 22.1. The molecule has 5 rings (SSSR count). The number of likely N-dealkylation sites (tertiary alicyclic amines) is 1. The van der Waals surface area contributed by atoms with E-state index in [1.807, 2.05) is 31.2 Å². The lowest BCUT2D eigenvalue weighted by molar-refractivity contribution is 0.319. The van der Waals surface area contributed by atoms with Gasteiger partial charge in [0.2, 0.25) is 5.95 Å². The van der Waals surface area contributed by atoms with Crippen LogP contribution in [0.4, 0.5) is 5.95 Å². The standard InChI is InChI=1S/C27H29N5O2/c1-19-7-8-25(34-19)23-18-32(16-21-5-3-2-4-6-21)17-22(23)24-15-26(33)31-27(30-24)29-14-11-20-9-12-28-13-10-20/h2-10,12-13,15,22-23H,11,14,16-18H2,1H3,(H2,29,30,31,33)/t22-,23+/m0/s1. The number of aromatic nitrogens is 3. The lowest BCUT2D eigenvalue weighted by atomic mass is 9.90. The minimum atomic E-state index is -0.146. The van der Waals surface area contributed by atoms with Crippen LogP contribution >= 0.6 is 0 Å². The van der Waals surface area contributed by atoms with Crippen molar-refractivity contribution in [2.75, 3.05) is 25.0 Å². The number of hydrogen-bond donors (Lipinski definition) is 2. The Hall–Kier alpha value is -3.71. The number of nitrogens with zero attached hydrogens (tertiary/aromatic N) is 3. The molecule has 2 N–H and O–H groups in total. The molecule has 2 atom stereocenters. The zero-order valence-corrected chi connectivity index (χ0v) is 19.3. The van der Waals surface area contributed by atoms with Gasteiger partial charge in [0.25, 0.3) is 5.56 Å². The summed E-state index contributed by atoms with van der Waals surface area (Å²) in [5.74, 6) is 2.56. The molecule has 1 aliphatic heterocycles. The van der Waals surface area contributed by atoms with Gasteiger partial charge in [-0.25, -0.2) is 4.98 Å². The average Bonchev–Trinajstić information content (AvgIpc) is 3.46. The van der Waals surface area contributed by atoms with E-state index in [-0.39, 0.29) is 17.4 Å². The van der Waals surface area contributed by atoms with E-state index >= 15 is 0 Å². The largest absolute Gasteiger partial charge is 0.466 e. The fraction of sp³-hybridized carbons (Fsp3) is 0.296. The van der Waals surface area contributed by atoms with Crippen molar-refractivity contribution in [3.8, 4) is 0 Å². The molecule has 0 radical (unpaired) electrons. The quantitative estimate of drug-likeness (QED) is 0.416. The van der Waals surface area contributed by atoms with Gasteiger partial charge in [-0.3, -0.25) is 19.7 Å². The van der Waals surface area contributed by atoms with E-state index < -0.39 is 0 Å². The first-order valence-electron chi connectivity index (χ1n) is 11.7. The van der Waals surface area contributed by atoms with Gasteiger partial charge in [-0.05, 0) is 48.7 Å². The number of H-pyrrole nitrogens is 1. The van der Waals surface area contributed by atoms with E-state index in [2.05, 4.69) is 50.5 Å². The minimum Gasteiger partial charge on any atom is -0.466 e. The number of rotatable bonds is 8. The average molecular weight is 456 g/mol. The predicted molar refractivity (Wildman–Crippen MR) is 132 cm³/mol. The lowest BCUT2D eigenvalue weighted by Crippen LogP contribution is -2.21. The summed E-state index contributed by atoms with van der Waals surface area (Å²) < 4.78 is 6.03. The normalized spacial score (nSPS) is 18.3. The molecule has 3 aromatic heterocycles. The molecule has 1 saturated heterocycles. The van der Waals surface area contributed by atoms with Crippen molar-refractivity contribution in [1.29, 1.82) is 0 Å². The summed E-state index contributed by atoms with van der Waals surface area (Å²) >= 11 is 0. The van der Waals surface area contributed by atoms with Crippen LogP contribution in [0.3, 0.4) is 0 Å². The number of aromatic amines is 1. The monoisotopic (exact) mass is 455 g/mol. The van der Waals surface area contributed by atoms with Crippen LogP contribution in [0.15, 0.2) is 82.3 Å². The number of nitrogens with one attached hydrogen (secondary N) is 2. The van der Waals surface area contributed by atoms with Gasteiger partial charge in [0, 0.05) is 56.5 Å². The Morgan fingerprint density at radius 1 is 1.03 bits per heavy atom. The summed E-state index contributed by atoms with van der Waals surface area (Å²) in [5, 5.41) is 3.28. The van der Waals surface area contributed by atoms with Crippen molar-refractivity contribution in [1.82, 2.24) is 19.9 Å². The van der Waals surface area contributed by atoms with Crippen molar-refractivity contribution in [2.45, 2.75) is 31.7 Å². The Bertz CT molecular complexity index is 1270. The van der Waals surface area contributed by atoms with Crippen LogP contribution in [0.1, 0.15) is 40.2 Å².